The van der Waals surface area contributed by atoms with Gasteiger partial charge in [0.05, 0.1) is 11.5 Å². The number of benzene rings is 3. The first kappa shape index (κ1) is 31.8. The third-order valence-corrected chi connectivity index (χ3v) is 10.2. The van der Waals surface area contributed by atoms with Crippen molar-refractivity contribution in [1.29, 1.82) is 0 Å². The molecule has 1 aliphatic rings. The van der Waals surface area contributed by atoms with Crippen LogP contribution >= 0.6 is 0 Å². The van der Waals surface area contributed by atoms with Gasteiger partial charge in [0.25, 0.3) is 5.60 Å². The molecule has 0 atom stereocenters. The summed E-state index contributed by atoms with van der Waals surface area (Å²) in [7, 11) is -4.36. The van der Waals surface area contributed by atoms with Gasteiger partial charge in [-0.25, -0.2) is 21.6 Å². The monoisotopic (exact) mass is 625 g/mol. The van der Waals surface area contributed by atoms with Crippen molar-refractivity contribution in [3.05, 3.63) is 101 Å². The smallest absolute Gasteiger partial charge is 0.349 e. The van der Waals surface area contributed by atoms with E-state index in [1.165, 1.54) is 0 Å². The van der Waals surface area contributed by atoms with Gasteiger partial charge in [0, 0.05) is 17.2 Å². The standard InChI is InChI=1S/C28H24F9NO3S/c29-19-8-10-21(11-9-19)42(39,40)25(14-12-20(38)13-15-25)17-4-6-18(7-5-17)26(27(32,33)34,28(35,36)37)41-16-22-23(30)2-1-3-24(22)31/h1-11,20H,12-16,38H2. The molecule has 4 rings (SSSR count). The van der Waals surface area contributed by atoms with E-state index in [1.807, 2.05) is 0 Å². The van der Waals surface area contributed by atoms with E-state index in [2.05, 4.69) is 4.74 Å². The van der Waals surface area contributed by atoms with Crippen LogP contribution in [0.5, 0.6) is 0 Å². The van der Waals surface area contributed by atoms with E-state index in [0.29, 0.717) is 24.3 Å². The molecule has 1 aliphatic carbocycles. The summed E-state index contributed by atoms with van der Waals surface area (Å²) in [5, 5.41) is 0. The van der Waals surface area contributed by atoms with Crippen LogP contribution in [0.15, 0.2) is 71.6 Å². The molecule has 0 bridgehead atoms. The number of sulfone groups is 1. The van der Waals surface area contributed by atoms with Crippen LogP contribution in [0.25, 0.3) is 0 Å². The van der Waals surface area contributed by atoms with Gasteiger partial charge in [-0.05, 0) is 67.6 Å². The molecule has 0 heterocycles. The molecule has 0 spiro atoms. The van der Waals surface area contributed by atoms with E-state index in [0.717, 1.165) is 42.5 Å². The number of rotatable bonds is 7. The topological polar surface area (TPSA) is 69.4 Å². The van der Waals surface area contributed by atoms with Gasteiger partial charge < -0.3 is 10.5 Å². The number of alkyl halides is 6. The Morgan fingerprint density at radius 2 is 1.29 bits per heavy atom. The van der Waals surface area contributed by atoms with Crippen molar-refractivity contribution in [3.8, 4) is 0 Å². The van der Waals surface area contributed by atoms with Gasteiger partial charge in [0.2, 0.25) is 0 Å². The second-order valence-corrected chi connectivity index (χ2v) is 12.3. The van der Waals surface area contributed by atoms with E-state index in [-0.39, 0.29) is 36.1 Å². The zero-order valence-corrected chi connectivity index (χ0v) is 22.4. The molecule has 0 aromatic heterocycles. The van der Waals surface area contributed by atoms with Crippen molar-refractivity contribution in [2.24, 2.45) is 5.73 Å². The summed E-state index contributed by atoms with van der Waals surface area (Å²) in [6, 6.07) is 8.16. The molecule has 3 aromatic carbocycles. The second-order valence-electron chi connectivity index (χ2n) is 10.0. The van der Waals surface area contributed by atoms with Gasteiger partial charge in [0.1, 0.15) is 22.2 Å². The van der Waals surface area contributed by atoms with E-state index in [4.69, 9.17) is 5.73 Å². The van der Waals surface area contributed by atoms with E-state index < -0.39 is 73.8 Å². The minimum atomic E-state index is -6.16. The summed E-state index contributed by atoms with van der Waals surface area (Å²) in [5.41, 5.74) is -1.81. The maximum atomic E-state index is 14.3. The maximum absolute atomic E-state index is 14.3. The van der Waals surface area contributed by atoms with Gasteiger partial charge in [0.15, 0.2) is 9.84 Å². The third kappa shape index (κ3) is 5.39. The fourth-order valence-electron chi connectivity index (χ4n) is 5.25. The number of ether oxygens (including phenoxy) is 1. The lowest BCUT2D eigenvalue weighted by Crippen LogP contribution is -2.56. The predicted molar refractivity (Wildman–Crippen MR) is 133 cm³/mol. The molecule has 228 valence electrons. The lowest BCUT2D eigenvalue weighted by molar-refractivity contribution is -0.392. The molecule has 1 saturated carbocycles. The fourth-order valence-corrected chi connectivity index (χ4v) is 7.42. The van der Waals surface area contributed by atoms with Crippen LogP contribution in [0.2, 0.25) is 0 Å². The Morgan fingerprint density at radius 3 is 1.76 bits per heavy atom. The number of halogens is 9. The van der Waals surface area contributed by atoms with Gasteiger partial charge >= 0.3 is 12.4 Å². The lowest BCUT2D eigenvalue weighted by atomic mass is 9.80. The Labute approximate surface area is 235 Å². The van der Waals surface area contributed by atoms with Gasteiger partial charge in [-0.1, -0.05) is 30.3 Å². The quantitative estimate of drug-likeness (QED) is 0.223. The highest BCUT2D eigenvalue weighted by atomic mass is 32.2. The Morgan fingerprint density at radius 1 is 0.786 bits per heavy atom. The number of hydrogen-bond acceptors (Lipinski definition) is 4. The van der Waals surface area contributed by atoms with Crippen LogP contribution in [0.1, 0.15) is 42.4 Å². The second kappa shape index (κ2) is 11.2. The summed E-state index contributed by atoms with van der Waals surface area (Å²) in [6.07, 6.45) is -12.2. The Bertz CT molecular complexity index is 1480. The highest BCUT2D eigenvalue weighted by molar-refractivity contribution is 7.92. The van der Waals surface area contributed by atoms with Gasteiger partial charge in [-0.15, -0.1) is 0 Å². The van der Waals surface area contributed by atoms with E-state index >= 15 is 0 Å². The van der Waals surface area contributed by atoms with Gasteiger partial charge in [-0.2, -0.15) is 26.3 Å². The first-order valence-corrected chi connectivity index (χ1v) is 14.0. The zero-order valence-electron chi connectivity index (χ0n) is 21.6. The normalized spacial score (nSPS) is 20.5. The summed E-state index contributed by atoms with van der Waals surface area (Å²) in [4.78, 5) is -0.293. The third-order valence-electron chi connectivity index (χ3n) is 7.59. The zero-order chi connectivity index (χ0) is 31.1. The molecule has 0 unspecified atom stereocenters. The molecule has 0 amide bonds. The van der Waals surface area contributed by atoms with Crippen LogP contribution in [0.3, 0.4) is 0 Å². The first-order chi connectivity index (χ1) is 19.5. The molecular weight excluding hydrogens is 601 g/mol. The lowest BCUT2D eigenvalue weighted by Gasteiger charge is -2.40. The molecule has 2 N–H and O–H groups in total. The van der Waals surface area contributed by atoms with E-state index in [9.17, 15) is 47.9 Å². The summed E-state index contributed by atoms with van der Waals surface area (Å²) >= 11 is 0. The van der Waals surface area contributed by atoms with Crippen molar-refractivity contribution < 1.29 is 52.7 Å². The van der Waals surface area contributed by atoms with Crippen molar-refractivity contribution in [1.82, 2.24) is 0 Å². The minimum Gasteiger partial charge on any atom is -0.349 e. The summed E-state index contributed by atoms with van der Waals surface area (Å²) in [6.45, 7) is -1.72. The van der Waals surface area contributed by atoms with Crippen LogP contribution in [0.4, 0.5) is 39.5 Å². The van der Waals surface area contributed by atoms with Crippen LogP contribution in [-0.4, -0.2) is 26.8 Å². The maximum Gasteiger partial charge on any atom is 0.430 e. The molecule has 0 radical (unpaired) electrons. The summed E-state index contributed by atoms with van der Waals surface area (Å²) < 4.78 is 158. The molecule has 14 heteroatoms. The molecule has 4 nitrogen and oxygen atoms in total. The van der Waals surface area contributed by atoms with Crippen molar-refractivity contribution >= 4 is 9.84 Å². The molecule has 1 fully saturated rings. The molecule has 42 heavy (non-hydrogen) atoms. The first-order valence-electron chi connectivity index (χ1n) is 12.5. The van der Waals surface area contributed by atoms with E-state index in [1.54, 1.807) is 0 Å². The van der Waals surface area contributed by atoms with Crippen LogP contribution in [-0.2, 0) is 31.5 Å². The average Bonchev–Trinajstić information content (AvgIpc) is 2.90. The predicted octanol–water partition coefficient (Wildman–Crippen LogP) is 7.21. The minimum absolute atomic E-state index is 0.110. The largest absolute Gasteiger partial charge is 0.430 e. The molecule has 0 saturated heterocycles. The molecular formula is C28H24F9NO3S. The Hall–Kier alpha value is -3.10. The van der Waals surface area contributed by atoms with Crippen LogP contribution < -0.4 is 5.73 Å². The van der Waals surface area contributed by atoms with Crippen molar-refractivity contribution in [3.63, 3.8) is 0 Å². The average molecular weight is 626 g/mol. The number of nitrogens with two attached hydrogens (primary N) is 1. The number of hydrogen-bond donors (Lipinski definition) is 1. The Kier molecular flexibility index (Phi) is 8.48. The van der Waals surface area contributed by atoms with Crippen molar-refractivity contribution in [2.45, 2.75) is 65.9 Å². The highest BCUT2D eigenvalue weighted by Gasteiger charge is 2.73. The molecule has 3 aromatic rings. The Balaban J connectivity index is 1.84. The summed E-state index contributed by atoms with van der Waals surface area (Å²) in [5.74, 6) is -3.54. The molecule has 0 aliphatic heterocycles. The highest BCUT2D eigenvalue weighted by Crippen LogP contribution is 2.54. The van der Waals surface area contributed by atoms with Gasteiger partial charge in [-0.3, -0.25) is 0 Å². The fraction of sp³-hybridized carbons (Fsp3) is 0.357. The van der Waals surface area contributed by atoms with Crippen LogP contribution in [0, 0.1) is 17.5 Å². The van der Waals surface area contributed by atoms with Crippen molar-refractivity contribution in [2.75, 3.05) is 0 Å². The SMILES string of the molecule is NC1CCC(c2ccc(C(OCc3c(F)cccc3F)(C(F)(F)F)C(F)(F)F)cc2)(S(=O)(=O)c2ccc(F)cc2)CC1.